The van der Waals surface area contributed by atoms with Gasteiger partial charge in [0, 0.05) is 16.7 Å². The van der Waals surface area contributed by atoms with Gasteiger partial charge < -0.3 is 18.9 Å². The fourth-order valence-corrected chi connectivity index (χ4v) is 2.62. The summed E-state index contributed by atoms with van der Waals surface area (Å²) >= 11 is 11.8. The maximum atomic E-state index is 11.8. The lowest BCUT2D eigenvalue weighted by atomic mass is 10.2. The molecule has 1 aliphatic heterocycles. The van der Waals surface area contributed by atoms with Gasteiger partial charge in [0.15, 0.2) is 18.1 Å². The third-order valence-electron chi connectivity index (χ3n) is 3.37. The number of carbonyl (C=O) groups excluding carboxylic acids is 1. The van der Waals surface area contributed by atoms with E-state index in [1.54, 1.807) is 24.3 Å². The summed E-state index contributed by atoms with van der Waals surface area (Å²) in [6, 6.07) is 8.13. The van der Waals surface area contributed by atoms with Crippen molar-refractivity contribution in [2.45, 2.75) is 0 Å². The van der Waals surface area contributed by atoms with Crippen LogP contribution in [0.2, 0.25) is 10.0 Å². The molecule has 1 heterocycles. The number of carbonyl (C=O) groups is 1. The first-order valence-corrected chi connectivity index (χ1v) is 8.20. The molecule has 136 valence electrons. The van der Waals surface area contributed by atoms with Gasteiger partial charge in [-0.15, -0.1) is 0 Å². The molecule has 3 rings (SSSR count). The van der Waals surface area contributed by atoms with Crippen LogP contribution in [0.25, 0.3) is 0 Å². The van der Waals surface area contributed by atoms with Gasteiger partial charge in [0.25, 0.3) is 5.91 Å². The summed E-state index contributed by atoms with van der Waals surface area (Å²) in [6.45, 7) is -0.0998. The number of halogens is 2. The predicted octanol–water partition coefficient (Wildman–Crippen LogP) is 3.26. The van der Waals surface area contributed by atoms with E-state index < -0.39 is 5.91 Å². The second kappa shape index (κ2) is 8.16. The van der Waals surface area contributed by atoms with Crippen LogP contribution in [0.4, 0.5) is 0 Å². The van der Waals surface area contributed by atoms with Crippen LogP contribution in [0.15, 0.2) is 35.4 Å². The molecule has 0 aromatic heterocycles. The molecule has 1 amide bonds. The molecule has 0 atom stereocenters. The van der Waals surface area contributed by atoms with Crippen molar-refractivity contribution < 1.29 is 23.7 Å². The Kier molecular flexibility index (Phi) is 5.70. The summed E-state index contributed by atoms with van der Waals surface area (Å²) in [5.41, 5.74) is 2.98. The van der Waals surface area contributed by atoms with Crippen molar-refractivity contribution >= 4 is 35.3 Å². The number of nitrogens with zero attached hydrogens (tertiary/aromatic N) is 1. The summed E-state index contributed by atoms with van der Waals surface area (Å²) < 4.78 is 21.2. The van der Waals surface area contributed by atoms with Gasteiger partial charge >= 0.3 is 0 Å². The quantitative estimate of drug-likeness (QED) is 0.598. The number of amides is 1. The minimum absolute atomic E-state index is 0.153. The van der Waals surface area contributed by atoms with Crippen molar-refractivity contribution in [1.29, 1.82) is 0 Å². The number of rotatable bonds is 6. The monoisotopic (exact) mass is 396 g/mol. The molecule has 7 nitrogen and oxygen atoms in total. The molecule has 0 bridgehead atoms. The molecule has 0 aliphatic carbocycles. The molecule has 1 aliphatic rings. The van der Waals surface area contributed by atoms with E-state index in [0.717, 1.165) is 0 Å². The molecule has 0 fully saturated rings. The molecule has 2 aromatic carbocycles. The van der Waals surface area contributed by atoms with Crippen LogP contribution >= 0.6 is 23.2 Å². The normalized spacial score (nSPS) is 12.3. The zero-order chi connectivity index (χ0) is 18.5. The van der Waals surface area contributed by atoms with E-state index in [9.17, 15) is 4.79 Å². The molecule has 1 N–H and O–H groups in total. The molecule has 9 heteroatoms. The second-order valence-electron chi connectivity index (χ2n) is 5.10. The van der Waals surface area contributed by atoms with Gasteiger partial charge in [-0.3, -0.25) is 4.79 Å². The van der Waals surface area contributed by atoms with Crippen molar-refractivity contribution in [2.24, 2.45) is 5.10 Å². The van der Waals surface area contributed by atoms with Gasteiger partial charge in [-0.2, -0.15) is 5.10 Å². The predicted molar refractivity (Wildman–Crippen MR) is 96.8 cm³/mol. The number of hydrogen-bond acceptors (Lipinski definition) is 6. The number of ether oxygens (including phenoxy) is 4. The Morgan fingerprint density at radius 2 is 2.00 bits per heavy atom. The minimum atomic E-state index is -0.452. The maximum absolute atomic E-state index is 11.8. The molecule has 0 spiro atoms. The Balaban J connectivity index is 1.57. The molecular weight excluding hydrogens is 383 g/mol. The van der Waals surface area contributed by atoms with Gasteiger partial charge in [0.1, 0.15) is 11.5 Å². The fourth-order valence-electron chi connectivity index (χ4n) is 2.16. The molecule has 2 aromatic rings. The zero-order valence-electron chi connectivity index (χ0n) is 13.6. The van der Waals surface area contributed by atoms with E-state index >= 15 is 0 Å². The zero-order valence-corrected chi connectivity index (χ0v) is 15.1. The van der Waals surface area contributed by atoms with Crippen molar-refractivity contribution in [3.05, 3.63) is 45.9 Å². The van der Waals surface area contributed by atoms with Gasteiger partial charge in [-0.1, -0.05) is 23.2 Å². The maximum Gasteiger partial charge on any atom is 0.277 e. The van der Waals surface area contributed by atoms with Gasteiger partial charge in [-0.25, -0.2) is 5.43 Å². The molecule has 0 saturated heterocycles. The van der Waals surface area contributed by atoms with Gasteiger partial charge in [0.2, 0.25) is 6.79 Å². The first kappa shape index (κ1) is 18.2. The Morgan fingerprint density at radius 3 is 2.73 bits per heavy atom. The molecular formula is C17H14Cl2N2O5. The molecule has 0 unspecified atom stereocenters. The van der Waals surface area contributed by atoms with Crippen LogP contribution in [0.5, 0.6) is 23.0 Å². The van der Waals surface area contributed by atoms with E-state index in [0.29, 0.717) is 38.6 Å². The molecule has 26 heavy (non-hydrogen) atoms. The fraction of sp³-hybridized carbons (Fsp3) is 0.176. The second-order valence-corrected chi connectivity index (χ2v) is 5.95. The average Bonchev–Trinajstić information content (AvgIpc) is 3.07. The summed E-state index contributed by atoms with van der Waals surface area (Å²) in [7, 11) is 1.52. The van der Waals surface area contributed by atoms with E-state index in [1.807, 2.05) is 0 Å². The highest BCUT2D eigenvalue weighted by molar-refractivity contribution is 6.35. The molecule has 0 saturated carbocycles. The standard InChI is InChI=1S/C17H14Cl2N2O5/c1-23-14-6-16-15(25-9-26-16)4-10(14)7-20-21-17(22)8-24-13-3-2-11(18)5-12(13)19/h2-7H,8-9H2,1H3,(H,21,22)/b20-7-. The topological polar surface area (TPSA) is 78.4 Å². The summed E-state index contributed by atoms with van der Waals surface area (Å²) in [5.74, 6) is 1.62. The highest BCUT2D eigenvalue weighted by Gasteiger charge is 2.17. The van der Waals surface area contributed by atoms with Gasteiger partial charge in [-0.05, 0) is 24.3 Å². The third-order valence-corrected chi connectivity index (χ3v) is 3.90. The Morgan fingerprint density at radius 1 is 1.23 bits per heavy atom. The summed E-state index contributed by atoms with van der Waals surface area (Å²) in [5, 5.41) is 4.69. The van der Waals surface area contributed by atoms with Crippen LogP contribution in [0.3, 0.4) is 0 Å². The number of hydrazone groups is 1. The lowest BCUT2D eigenvalue weighted by Crippen LogP contribution is -2.24. The van der Waals surface area contributed by atoms with Crippen molar-refractivity contribution in [2.75, 3.05) is 20.5 Å². The number of nitrogens with one attached hydrogen (secondary N) is 1. The summed E-state index contributed by atoms with van der Waals surface area (Å²) in [4.78, 5) is 11.8. The van der Waals surface area contributed by atoms with Crippen LogP contribution in [-0.4, -0.2) is 32.6 Å². The van der Waals surface area contributed by atoms with Crippen LogP contribution < -0.4 is 24.4 Å². The van der Waals surface area contributed by atoms with Crippen molar-refractivity contribution in [3.63, 3.8) is 0 Å². The Labute approximate surface area is 159 Å². The largest absolute Gasteiger partial charge is 0.496 e. The SMILES string of the molecule is COc1cc2c(cc1/C=N\NC(=O)COc1ccc(Cl)cc1Cl)OCO2. The lowest BCUT2D eigenvalue weighted by molar-refractivity contribution is -0.123. The van der Waals surface area contributed by atoms with Crippen LogP contribution in [0, 0.1) is 0 Å². The first-order chi connectivity index (χ1) is 12.6. The number of methoxy groups -OCH3 is 1. The van der Waals surface area contributed by atoms with E-state index in [1.165, 1.54) is 19.4 Å². The Bertz CT molecular complexity index is 857. The van der Waals surface area contributed by atoms with Crippen molar-refractivity contribution in [1.82, 2.24) is 5.43 Å². The number of hydrogen-bond donors (Lipinski definition) is 1. The van der Waals surface area contributed by atoms with E-state index in [-0.39, 0.29) is 13.4 Å². The third kappa shape index (κ3) is 4.30. The highest BCUT2D eigenvalue weighted by atomic mass is 35.5. The summed E-state index contributed by atoms with van der Waals surface area (Å²) in [6.07, 6.45) is 1.44. The Hall–Kier alpha value is -2.64. The number of benzene rings is 2. The van der Waals surface area contributed by atoms with Crippen LogP contribution in [0.1, 0.15) is 5.56 Å². The van der Waals surface area contributed by atoms with E-state index in [2.05, 4.69) is 10.5 Å². The first-order valence-electron chi connectivity index (χ1n) is 7.44. The van der Waals surface area contributed by atoms with E-state index in [4.69, 9.17) is 42.1 Å². The highest BCUT2D eigenvalue weighted by Crippen LogP contribution is 2.37. The smallest absolute Gasteiger partial charge is 0.277 e. The molecule has 0 radical (unpaired) electrons. The average molecular weight is 397 g/mol. The minimum Gasteiger partial charge on any atom is -0.496 e. The van der Waals surface area contributed by atoms with Crippen LogP contribution in [-0.2, 0) is 4.79 Å². The lowest BCUT2D eigenvalue weighted by Gasteiger charge is -2.07. The van der Waals surface area contributed by atoms with Gasteiger partial charge in [0.05, 0.1) is 18.3 Å². The van der Waals surface area contributed by atoms with Crippen molar-refractivity contribution in [3.8, 4) is 23.0 Å². The number of fused-ring (bicyclic) bond motifs is 1.